The molecule has 1 aromatic carbocycles. The van der Waals surface area contributed by atoms with E-state index in [1.54, 1.807) is 12.1 Å². The Morgan fingerprint density at radius 3 is 2.71 bits per heavy atom. The van der Waals surface area contributed by atoms with Gasteiger partial charge in [0.1, 0.15) is 5.82 Å². The van der Waals surface area contributed by atoms with Crippen LogP contribution in [0.5, 0.6) is 0 Å². The first-order valence-electron chi connectivity index (χ1n) is 7.60. The minimum Gasteiger partial charge on any atom is -0.382 e. The second-order valence-electron chi connectivity index (χ2n) is 7.01. The summed E-state index contributed by atoms with van der Waals surface area (Å²) in [4.78, 5) is 11.1. The van der Waals surface area contributed by atoms with E-state index in [-0.39, 0.29) is 11.6 Å². The SMILES string of the molecule is CC(=O)Nc1cc(NC2CCC(C)(C)CC2C)ccc1F. The molecule has 0 radical (unpaired) electrons. The smallest absolute Gasteiger partial charge is 0.221 e. The predicted octanol–water partition coefficient (Wildman–Crippen LogP) is 4.41. The molecule has 2 rings (SSSR count). The number of benzene rings is 1. The highest BCUT2D eigenvalue weighted by Gasteiger charge is 2.32. The van der Waals surface area contributed by atoms with Gasteiger partial charge < -0.3 is 10.6 Å². The van der Waals surface area contributed by atoms with Gasteiger partial charge in [-0.1, -0.05) is 20.8 Å². The first kappa shape index (κ1) is 15.8. The number of carbonyl (C=O) groups is 1. The van der Waals surface area contributed by atoms with E-state index >= 15 is 0 Å². The Kier molecular flexibility index (Phi) is 4.55. The molecule has 1 aromatic rings. The van der Waals surface area contributed by atoms with Crippen molar-refractivity contribution < 1.29 is 9.18 Å². The minimum atomic E-state index is -0.409. The van der Waals surface area contributed by atoms with Gasteiger partial charge in [0.25, 0.3) is 0 Å². The molecule has 1 amide bonds. The van der Waals surface area contributed by atoms with Crippen LogP contribution in [-0.2, 0) is 4.79 Å². The van der Waals surface area contributed by atoms with Gasteiger partial charge in [0.05, 0.1) is 5.69 Å². The van der Waals surface area contributed by atoms with E-state index in [0.717, 1.165) is 12.1 Å². The molecular formula is C17H25FN2O. The summed E-state index contributed by atoms with van der Waals surface area (Å²) in [5.41, 5.74) is 1.50. The highest BCUT2D eigenvalue weighted by Crippen LogP contribution is 2.39. The van der Waals surface area contributed by atoms with Gasteiger partial charge in [0.2, 0.25) is 5.91 Å². The van der Waals surface area contributed by atoms with Crippen LogP contribution in [0.2, 0.25) is 0 Å². The third kappa shape index (κ3) is 4.19. The molecule has 2 N–H and O–H groups in total. The van der Waals surface area contributed by atoms with Crippen molar-refractivity contribution in [2.75, 3.05) is 10.6 Å². The zero-order valence-corrected chi connectivity index (χ0v) is 13.3. The van der Waals surface area contributed by atoms with Gasteiger partial charge in [-0.05, 0) is 48.8 Å². The number of amides is 1. The minimum absolute atomic E-state index is 0.233. The standard InChI is InChI=1S/C17H25FN2O/c1-11-10-17(3,4)8-7-15(11)20-13-5-6-14(18)16(9-13)19-12(2)21/h5-6,9,11,15,20H,7-8,10H2,1-4H3,(H,19,21). The summed E-state index contributed by atoms with van der Waals surface area (Å²) < 4.78 is 13.6. The van der Waals surface area contributed by atoms with E-state index in [1.165, 1.54) is 25.8 Å². The Morgan fingerprint density at radius 2 is 2.10 bits per heavy atom. The molecule has 0 spiro atoms. The summed E-state index contributed by atoms with van der Waals surface area (Å²) in [6.45, 7) is 8.26. The number of rotatable bonds is 3. The highest BCUT2D eigenvalue weighted by atomic mass is 19.1. The van der Waals surface area contributed by atoms with Crippen LogP contribution >= 0.6 is 0 Å². The molecule has 1 aliphatic rings. The number of hydrogen-bond donors (Lipinski definition) is 2. The molecule has 116 valence electrons. The van der Waals surface area contributed by atoms with Crippen molar-refractivity contribution >= 4 is 17.3 Å². The largest absolute Gasteiger partial charge is 0.382 e. The van der Waals surface area contributed by atoms with Gasteiger partial charge in [0.15, 0.2) is 0 Å². The van der Waals surface area contributed by atoms with Crippen LogP contribution in [0.15, 0.2) is 18.2 Å². The molecule has 21 heavy (non-hydrogen) atoms. The van der Waals surface area contributed by atoms with Crippen molar-refractivity contribution in [3.8, 4) is 0 Å². The number of carbonyl (C=O) groups excluding carboxylic acids is 1. The van der Waals surface area contributed by atoms with E-state index in [0.29, 0.717) is 17.4 Å². The molecule has 1 aliphatic carbocycles. The Morgan fingerprint density at radius 1 is 1.38 bits per heavy atom. The van der Waals surface area contributed by atoms with E-state index in [2.05, 4.69) is 31.4 Å². The summed E-state index contributed by atoms with van der Waals surface area (Å²) in [5.74, 6) is -0.101. The Balaban J connectivity index is 2.08. The normalized spacial score (nSPS) is 24.4. The molecule has 3 nitrogen and oxygen atoms in total. The fourth-order valence-electron chi connectivity index (χ4n) is 3.28. The summed E-state index contributed by atoms with van der Waals surface area (Å²) in [5, 5.41) is 6.01. The lowest BCUT2D eigenvalue weighted by molar-refractivity contribution is -0.114. The van der Waals surface area contributed by atoms with Crippen LogP contribution < -0.4 is 10.6 Å². The second-order valence-corrected chi connectivity index (χ2v) is 7.01. The molecule has 0 aromatic heterocycles. The lowest BCUT2D eigenvalue weighted by atomic mass is 9.70. The third-order valence-corrected chi connectivity index (χ3v) is 4.32. The fraction of sp³-hybridized carbons (Fsp3) is 0.588. The summed E-state index contributed by atoms with van der Waals surface area (Å²) in [6.07, 6.45) is 3.49. The van der Waals surface area contributed by atoms with Crippen LogP contribution in [-0.4, -0.2) is 11.9 Å². The first-order valence-corrected chi connectivity index (χ1v) is 7.60. The van der Waals surface area contributed by atoms with E-state index < -0.39 is 5.82 Å². The van der Waals surface area contributed by atoms with Crippen molar-refractivity contribution in [1.29, 1.82) is 0 Å². The van der Waals surface area contributed by atoms with Crippen LogP contribution in [0.3, 0.4) is 0 Å². The van der Waals surface area contributed by atoms with E-state index in [9.17, 15) is 9.18 Å². The molecule has 0 bridgehead atoms. The number of hydrogen-bond acceptors (Lipinski definition) is 2. The fourth-order valence-corrected chi connectivity index (χ4v) is 3.28. The maximum atomic E-state index is 13.6. The van der Waals surface area contributed by atoms with Crippen LogP contribution in [0, 0.1) is 17.2 Å². The molecule has 4 heteroatoms. The van der Waals surface area contributed by atoms with Crippen molar-refractivity contribution in [2.24, 2.45) is 11.3 Å². The maximum Gasteiger partial charge on any atom is 0.221 e. The van der Waals surface area contributed by atoms with Crippen molar-refractivity contribution in [3.05, 3.63) is 24.0 Å². The molecular weight excluding hydrogens is 267 g/mol. The zero-order valence-electron chi connectivity index (χ0n) is 13.3. The molecule has 0 saturated heterocycles. The first-order chi connectivity index (χ1) is 9.77. The van der Waals surface area contributed by atoms with Crippen molar-refractivity contribution in [3.63, 3.8) is 0 Å². The predicted molar refractivity (Wildman–Crippen MR) is 84.9 cm³/mol. The van der Waals surface area contributed by atoms with Crippen LogP contribution in [0.25, 0.3) is 0 Å². The summed E-state index contributed by atoms with van der Waals surface area (Å²) >= 11 is 0. The Hall–Kier alpha value is -1.58. The monoisotopic (exact) mass is 292 g/mol. The van der Waals surface area contributed by atoms with Gasteiger partial charge in [-0.25, -0.2) is 4.39 Å². The summed E-state index contributed by atoms with van der Waals surface area (Å²) in [6, 6.07) is 5.19. The number of halogens is 1. The van der Waals surface area contributed by atoms with Crippen molar-refractivity contribution in [2.45, 2.75) is 53.0 Å². The summed E-state index contributed by atoms with van der Waals surface area (Å²) in [7, 11) is 0. The van der Waals surface area contributed by atoms with Gasteiger partial charge >= 0.3 is 0 Å². The molecule has 2 atom stereocenters. The third-order valence-electron chi connectivity index (χ3n) is 4.32. The second kappa shape index (κ2) is 6.04. The molecule has 0 heterocycles. The topological polar surface area (TPSA) is 41.1 Å². The maximum absolute atomic E-state index is 13.6. The molecule has 2 unspecified atom stereocenters. The average molecular weight is 292 g/mol. The quantitative estimate of drug-likeness (QED) is 0.866. The lowest BCUT2D eigenvalue weighted by Crippen LogP contribution is -2.36. The van der Waals surface area contributed by atoms with Gasteiger partial charge in [0, 0.05) is 18.7 Å². The zero-order chi connectivity index (χ0) is 15.6. The molecule has 1 saturated carbocycles. The van der Waals surface area contributed by atoms with Crippen LogP contribution in [0.4, 0.5) is 15.8 Å². The van der Waals surface area contributed by atoms with E-state index in [4.69, 9.17) is 0 Å². The molecule has 1 fully saturated rings. The van der Waals surface area contributed by atoms with Gasteiger partial charge in [-0.15, -0.1) is 0 Å². The Labute approximate surface area is 126 Å². The average Bonchev–Trinajstić information content (AvgIpc) is 2.35. The van der Waals surface area contributed by atoms with Crippen molar-refractivity contribution in [1.82, 2.24) is 0 Å². The number of anilines is 2. The Bertz CT molecular complexity index is 528. The molecule has 0 aliphatic heterocycles. The van der Waals surface area contributed by atoms with Crippen LogP contribution in [0.1, 0.15) is 47.0 Å². The highest BCUT2D eigenvalue weighted by molar-refractivity contribution is 5.89. The van der Waals surface area contributed by atoms with E-state index in [1.807, 2.05) is 0 Å². The van der Waals surface area contributed by atoms with Gasteiger partial charge in [-0.2, -0.15) is 0 Å². The van der Waals surface area contributed by atoms with Gasteiger partial charge in [-0.3, -0.25) is 4.79 Å². The lowest BCUT2D eigenvalue weighted by Gasteiger charge is -2.40. The number of nitrogens with one attached hydrogen (secondary N) is 2.